The predicted molar refractivity (Wildman–Crippen MR) is 78.1 cm³/mol. The molecule has 0 bridgehead atoms. The quantitative estimate of drug-likeness (QED) is 0.827. The lowest BCUT2D eigenvalue weighted by Crippen LogP contribution is -2.50. The molecule has 5 nitrogen and oxygen atoms in total. The first-order valence-corrected chi connectivity index (χ1v) is 7.94. The van der Waals surface area contributed by atoms with Gasteiger partial charge in [0, 0.05) is 12.6 Å². The molecule has 0 radical (unpaired) electrons. The van der Waals surface area contributed by atoms with Gasteiger partial charge in [-0.2, -0.15) is 0 Å². The summed E-state index contributed by atoms with van der Waals surface area (Å²) in [6.07, 6.45) is 9.98. The molecule has 2 aliphatic rings. The number of nitrogens with two attached hydrogens (primary N) is 1. The van der Waals surface area contributed by atoms with Crippen LogP contribution in [0.15, 0.2) is 0 Å². The van der Waals surface area contributed by atoms with Crippen LogP contribution in [0, 0.1) is 5.92 Å². The Kier molecular flexibility index (Phi) is 5.26. The maximum absolute atomic E-state index is 12.4. The van der Waals surface area contributed by atoms with Crippen LogP contribution in [-0.4, -0.2) is 35.5 Å². The number of urea groups is 1. The number of nitrogens with zero attached hydrogens (tertiary/aromatic N) is 1. The number of nitrogens with one attached hydrogen (secondary N) is 1. The van der Waals surface area contributed by atoms with Crippen LogP contribution in [-0.2, 0) is 4.79 Å². The standard InChI is InChI=1S/C15H27N3O2/c1-11(17-15(16)20)14(19)18-9-5-8-13(18)10-12-6-3-2-4-7-12/h11-13H,2-10H2,1H3,(H3,16,17,20)/t11-,13-/m0/s1. The van der Waals surface area contributed by atoms with Gasteiger partial charge in [-0.1, -0.05) is 32.1 Å². The second kappa shape index (κ2) is 6.95. The third-order valence-corrected chi connectivity index (χ3v) is 4.72. The molecule has 20 heavy (non-hydrogen) atoms. The maximum atomic E-state index is 12.4. The minimum atomic E-state index is -0.631. The number of rotatable bonds is 4. The molecule has 2 rings (SSSR count). The Balaban J connectivity index is 1.88. The normalized spacial score (nSPS) is 25.4. The lowest BCUT2D eigenvalue weighted by molar-refractivity contribution is -0.133. The second-order valence-corrected chi connectivity index (χ2v) is 6.30. The van der Waals surface area contributed by atoms with E-state index in [0.29, 0.717) is 6.04 Å². The van der Waals surface area contributed by atoms with E-state index < -0.39 is 12.1 Å². The van der Waals surface area contributed by atoms with Gasteiger partial charge in [-0.05, 0) is 32.1 Å². The van der Waals surface area contributed by atoms with E-state index in [1.54, 1.807) is 6.92 Å². The molecule has 3 amide bonds. The topological polar surface area (TPSA) is 75.4 Å². The van der Waals surface area contributed by atoms with Gasteiger partial charge in [0.15, 0.2) is 0 Å². The van der Waals surface area contributed by atoms with E-state index in [2.05, 4.69) is 5.32 Å². The van der Waals surface area contributed by atoms with Crippen molar-refractivity contribution in [1.82, 2.24) is 10.2 Å². The van der Waals surface area contributed by atoms with E-state index in [-0.39, 0.29) is 5.91 Å². The van der Waals surface area contributed by atoms with Crippen molar-refractivity contribution in [2.24, 2.45) is 11.7 Å². The number of carbonyl (C=O) groups is 2. The Hall–Kier alpha value is -1.26. The Morgan fingerprint density at radius 1 is 1.20 bits per heavy atom. The third-order valence-electron chi connectivity index (χ3n) is 4.72. The molecule has 1 saturated heterocycles. The lowest BCUT2D eigenvalue weighted by atomic mass is 9.84. The average molecular weight is 281 g/mol. The van der Waals surface area contributed by atoms with Crippen LogP contribution in [0.4, 0.5) is 4.79 Å². The molecule has 114 valence electrons. The summed E-state index contributed by atoms with van der Waals surface area (Å²) in [6, 6.07) is -0.781. The molecule has 1 heterocycles. The Morgan fingerprint density at radius 3 is 2.55 bits per heavy atom. The highest BCUT2D eigenvalue weighted by atomic mass is 16.2. The zero-order valence-electron chi connectivity index (χ0n) is 12.4. The monoisotopic (exact) mass is 281 g/mol. The number of hydrogen-bond donors (Lipinski definition) is 2. The molecule has 2 atom stereocenters. The van der Waals surface area contributed by atoms with Gasteiger partial charge in [-0.25, -0.2) is 4.79 Å². The molecule has 1 aliphatic heterocycles. The first-order chi connectivity index (χ1) is 9.58. The van der Waals surface area contributed by atoms with Gasteiger partial charge < -0.3 is 16.0 Å². The van der Waals surface area contributed by atoms with E-state index in [0.717, 1.165) is 31.7 Å². The van der Waals surface area contributed by atoms with Crippen molar-refractivity contribution in [3.8, 4) is 0 Å². The fraction of sp³-hybridized carbons (Fsp3) is 0.867. The van der Waals surface area contributed by atoms with Crippen LogP contribution in [0.5, 0.6) is 0 Å². The van der Waals surface area contributed by atoms with Crippen LogP contribution >= 0.6 is 0 Å². The van der Waals surface area contributed by atoms with Crippen molar-refractivity contribution >= 4 is 11.9 Å². The van der Waals surface area contributed by atoms with Crippen molar-refractivity contribution in [1.29, 1.82) is 0 Å². The number of primary amides is 1. The molecule has 2 fully saturated rings. The van der Waals surface area contributed by atoms with E-state index in [1.807, 2.05) is 4.90 Å². The summed E-state index contributed by atoms with van der Waals surface area (Å²) in [6.45, 7) is 2.53. The summed E-state index contributed by atoms with van der Waals surface area (Å²) >= 11 is 0. The minimum Gasteiger partial charge on any atom is -0.352 e. The fourth-order valence-electron chi connectivity index (χ4n) is 3.70. The molecule has 0 aromatic rings. The molecular weight excluding hydrogens is 254 g/mol. The van der Waals surface area contributed by atoms with Crippen LogP contribution in [0.1, 0.15) is 58.3 Å². The number of carbonyl (C=O) groups excluding carboxylic acids is 2. The smallest absolute Gasteiger partial charge is 0.312 e. The largest absolute Gasteiger partial charge is 0.352 e. The third kappa shape index (κ3) is 3.87. The molecule has 0 aromatic heterocycles. The summed E-state index contributed by atoms with van der Waals surface area (Å²) in [5, 5.41) is 2.49. The summed E-state index contributed by atoms with van der Waals surface area (Å²) in [7, 11) is 0. The van der Waals surface area contributed by atoms with Crippen molar-refractivity contribution in [3.63, 3.8) is 0 Å². The van der Waals surface area contributed by atoms with Crippen LogP contribution in [0.2, 0.25) is 0 Å². The number of likely N-dealkylation sites (tertiary alicyclic amines) is 1. The van der Waals surface area contributed by atoms with Crippen molar-refractivity contribution in [2.45, 2.75) is 70.4 Å². The summed E-state index contributed by atoms with van der Waals surface area (Å²) in [5.74, 6) is 0.795. The van der Waals surface area contributed by atoms with Gasteiger partial charge in [0.1, 0.15) is 6.04 Å². The first-order valence-electron chi connectivity index (χ1n) is 7.94. The summed E-state index contributed by atoms with van der Waals surface area (Å²) in [5.41, 5.74) is 5.09. The van der Waals surface area contributed by atoms with Crippen molar-refractivity contribution in [2.75, 3.05) is 6.54 Å². The van der Waals surface area contributed by atoms with E-state index >= 15 is 0 Å². The van der Waals surface area contributed by atoms with E-state index in [9.17, 15) is 9.59 Å². The molecule has 0 unspecified atom stereocenters. The second-order valence-electron chi connectivity index (χ2n) is 6.30. The molecular formula is C15H27N3O2. The highest BCUT2D eigenvalue weighted by Gasteiger charge is 2.33. The van der Waals surface area contributed by atoms with E-state index in [1.165, 1.54) is 32.1 Å². The van der Waals surface area contributed by atoms with E-state index in [4.69, 9.17) is 5.73 Å². The summed E-state index contributed by atoms with van der Waals surface area (Å²) < 4.78 is 0. The fourth-order valence-corrected chi connectivity index (χ4v) is 3.70. The Bertz CT molecular complexity index is 353. The van der Waals surface area contributed by atoms with Gasteiger partial charge in [0.2, 0.25) is 5.91 Å². The van der Waals surface area contributed by atoms with Gasteiger partial charge in [-0.15, -0.1) is 0 Å². The molecule has 3 N–H and O–H groups in total. The van der Waals surface area contributed by atoms with Gasteiger partial charge in [0.05, 0.1) is 0 Å². The molecule has 1 aliphatic carbocycles. The van der Waals surface area contributed by atoms with Crippen LogP contribution < -0.4 is 11.1 Å². The Labute approximate surface area is 121 Å². The number of amides is 3. The first kappa shape index (κ1) is 15.1. The highest BCUT2D eigenvalue weighted by Crippen LogP contribution is 2.32. The van der Waals surface area contributed by atoms with Crippen LogP contribution in [0.25, 0.3) is 0 Å². The molecule has 1 saturated carbocycles. The van der Waals surface area contributed by atoms with Gasteiger partial charge >= 0.3 is 6.03 Å². The molecule has 0 spiro atoms. The minimum absolute atomic E-state index is 0.0158. The van der Waals surface area contributed by atoms with Crippen molar-refractivity contribution in [3.05, 3.63) is 0 Å². The number of hydrogen-bond acceptors (Lipinski definition) is 2. The highest BCUT2D eigenvalue weighted by molar-refractivity contribution is 5.86. The predicted octanol–water partition coefficient (Wildman–Crippen LogP) is 2.00. The maximum Gasteiger partial charge on any atom is 0.312 e. The SMILES string of the molecule is C[C@H](NC(N)=O)C(=O)N1CCC[C@H]1CC1CCCCC1. The zero-order valence-corrected chi connectivity index (χ0v) is 12.4. The van der Waals surface area contributed by atoms with Crippen LogP contribution in [0.3, 0.4) is 0 Å². The average Bonchev–Trinajstić information content (AvgIpc) is 2.86. The molecule has 5 heteroatoms. The lowest BCUT2D eigenvalue weighted by Gasteiger charge is -2.31. The van der Waals surface area contributed by atoms with Gasteiger partial charge in [0.25, 0.3) is 0 Å². The zero-order chi connectivity index (χ0) is 14.5. The summed E-state index contributed by atoms with van der Waals surface area (Å²) in [4.78, 5) is 25.2. The van der Waals surface area contributed by atoms with Crippen molar-refractivity contribution < 1.29 is 9.59 Å². The Morgan fingerprint density at radius 2 is 1.90 bits per heavy atom. The van der Waals surface area contributed by atoms with Gasteiger partial charge in [-0.3, -0.25) is 4.79 Å². The molecule has 0 aromatic carbocycles.